The molecule has 4 heteroatoms. The van der Waals surface area contributed by atoms with Crippen molar-refractivity contribution in [3.05, 3.63) is 24.4 Å². The molecule has 0 amide bonds. The van der Waals surface area contributed by atoms with E-state index in [1.807, 2.05) is 6.20 Å². The lowest BCUT2D eigenvalue weighted by Gasteiger charge is -2.37. The third-order valence-corrected chi connectivity index (χ3v) is 4.91. The second kappa shape index (κ2) is 4.23. The third-order valence-electron chi connectivity index (χ3n) is 4.91. The molecule has 4 rings (SSSR count). The fraction of sp³-hybridized carbons (Fsp3) is 0.533. The Balaban J connectivity index is 1.52. The Kier molecular flexibility index (Phi) is 2.52. The number of hydrogen-bond acceptors (Lipinski definition) is 3. The van der Waals surface area contributed by atoms with Gasteiger partial charge >= 0.3 is 0 Å². The van der Waals surface area contributed by atoms with Crippen LogP contribution in [-0.4, -0.2) is 40.3 Å². The largest absolute Gasteiger partial charge is 0.382 e. The van der Waals surface area contributed by atoms with E-state index in [1.165, 1.54) is 36.8 Å². The second-order valence-electron chi connectivity index (χ2n) is 6.04. The first kappa shape index (κ1) is 11.3. The maximum Gasteiger partial charge on any atom is 0.0670 e. The minimum atomic E-state index is 0.620. The summed E-state index contributed by atoms with van der Waals surface area (Å²) in [5.41, 5.74) is 2.33. The molecule has 0 radical (unpaired) electrons. The normalized spacial score (nSPS) is 30.9. The van der Waals surface area contributed by atoms with Crippen molar-refractivity contribution < 1.29 is 0 Å². The number of H-pyrrole nitrogens is 1. The van der Waals surface area contributed by atoms with Crippen LogP contribution in [0.25, 0.3) is 10.9 Å². The summed E-state index contributed by atoms with van der Waals surface area (Å²) in [5.74, 6) is 0. The average Bonchev–Trinajstić information content (AvgIpc) is 2.92. The standard InChI is InChI=1S/C15H20N4/c1-19-13-4-5-14(19)7-12(6-13)17-11-3-2-10-9-16-18-15(10)8-11/h2-3,8-9,12-14,17H,4-7H2,1H3,(H,16,18). The summed E-state index contributed by atoms with van der Waals surface area (Å²) < 4.78 is 0. The van der Waals surface area contributed by atoms with Crippen molar-refractivity contribution in [2.45, 2.75) is 43.8 Å². The van der Waals surface area contributed by atoms with Crippen LogP contribution in [0.15, 0.2) is 24.4 Å². The number of nitrogens with one attached hydrogen (secondary N) is 2. The maximum absolute atomic E-state index is 4.07. The summed E-state index contributed by atoms with van der Waals surface area (Å²) in [6.45, 7) is 0. The van der Waals surface area contributed by atoms with Crippen molar-refractivity contribution in [3.63, 3.8) is 0 Å². The summed E-state index contributed by atoms with van der Waals surface area (Å²) in [6.07, 6.45) is 7.16. The zero-order valence-corrected chi connectivity index (χ0v) is 11.3. The van der Waals surface area contributed by atoms with Crippen LogP contribution in [0.1, 0.15) is 25.7 Å². The van der Waals surface area contributed by atoms with Gasteiger partial charge < -0.3 is 10.2 Å². The summed E-state index contributed by atoms with van der Waals surface area (Å²) in [7, 11) is 2.29. The molecule has 1 aromatic heterocycles. The number of rotatable bonds is 2. The molecule has 1 aromatic carbocycles. The molecule has 2 saturated heterocycles. The zero-order chi connectivity index (χ0) is 12.8. The van der Waals surface area contributed by atoms with Gasteiger partial charge in [-0.25, -0.2) is 0 Å². The zero-order valence-electron chi connectivity index (χ0n) is 11.3. The molecule has 3 heterocycles. The van der Waals surface area contributed by atoms with E-state index >= 15 is 0 Å². The Hall–Kier alpha value is -1.55. The topological polar surface area (TPSA) is 44.0 Å². The number of aromatic amines is 1. The van der Waals surface area contributed by atoms with Gasteiger partial charge in [0.25, 0.3) is 0 Å². The van der Waals surface area contributed by atoms with Crippen molar-refractivity contribution >= 4 is 16.6 Å². The summed E-state index contributed by atoms with van der Waals surface area (Å²) in [6, 6.07) is 8.65. The number of fused-ring (bicyclic) bond motifs is 3. The Morgan fingerprint density at radius 2 is 2.05 bits per heavy atom. The number of aromatic nitrogens is 2. The molecule has 2 aliphatic rings. The van der Waals surface area contributed by atoms with Gasteiger partial charge in [-0.05, 0) is 50.9 Å². The molecule has 2 N–H and O–H groups in total. The van der Waals surface area contributed by atoms with Crippen LogP contribution < -0.4 is 5.32 Å². The monoisotopic (exact) mass is 256 g/mol. The highest BCUT2D eigenvalue weighted by molar-refractivity contribution is 5.81. The minimum absolute atomic E-state index is 0.620. The molecule has 2 bridgehead atoms. The van der Waals surface area contributed by atoms with Gasteiger partial charge in [-0.1, -0.05) is 0 Å². The first-order valence-electron chi connectivity index (χ1n) is 7.21. The van der Waals surface area contributed by atoms with E-state index < -0.39 is 0 Å². The fourth-order valence-electron chi connectivity index (χ4n) is 3.79. The molecule has 0 aliphatic carbocycles. The van der Waals surface area contributed by atoms with E-state index in [4.69, 9.17) is 0 Å². The molecule has 0 saturated carbocycles. The van der Waals surface area contributed by atoms with Gasteiger partial charge in [0, 0.05) is 29.2 Å². The van der Waals surface area contributed by atoms with Gasteiger partial charge in [-0.3, -0.25) is 5.10 Å². The average molecular weight is 256 g/mol. The van der Waals surface area contributed by atoms with Crippen LogP contribution >= 0.6 is 0 Å². The van der Waals surface area contributed by atoms with Crippen molar-refractivity contribution in [1.82, 2.24) is 15.1 Å². The first-order chi connectivity index (χ1) is 9.29. The van der Waals surface area contributed by atoms with Gasteiger partial charge in [-0.2, -0.15) is 5.10 Å². The van der Waals surface area contributed by atoms with E-state index in [1.54, 1.807) is 0 Å². The fourth-order valence-corrected chi connectivity index (χ4v) is 3.79. The molecule has 100 valence electrons. The molecule has 2 aliphatic heterocycles. The van der Waals surface area contributed by atoms with E-state index in [0.29, 0.717) is 6.04 Å². The smallest absolute Gasteiger partial charge is 0.0670 e. The lowest BCUT2D eigenvalue weighted by atomic mass is 9.97. The molecule has 2 fully saturated rings. The number of anilines is 1. The SMILES string of the molecule is CN1C2CCC1CC(Nc1ccc3cn[nH]c3c1)C2. The molecule has 4 nitrogen and oxygen atoms in total. The quantitative estimate of drug-likeness (QED) is 0.868. The predicted molar refractivity (Wildman–Crippen MR) is 77.3 cm³/mol. The molecular formula is C15H20N4. The van der Waals surface area contributed by atoms with Gasteiger partial charge in [0.1, 0.15) is 0 Å². The second-order valence-corrected chi connectivity index (χ2v) is 6.04. The van der Waals surface area contributed by atoms with Crippen molar-refractivity contribution in [3.8, 4) is 0 Å². The molecule has 2 unspecified atom stereocenters. The number of hydrogen-bond donors (Lipinski definition) is 2. The number of piperidine rings is 1. The summed E-state index contributed by atoms with van der Waals surface area (Å²) >= 11 is 0. The summed E-state index contributed by atoms with van der Waals surface area (Å²) in [5, 5.41) is 12.0. The molecule has 2 aromatic rings. The van der Waals surface area contributed by atoms with Crippen LogP contribution in [0, 0.1) is 0 Å². The van der Waals surface area contributed by atoms with E-state index in [9.17, 15) is 0 Å². The van der Waals surface area contributed by atoms with Crippen LogP contribution in [0.4, 0.5) is 5.69 Å². The minimum Gasteiger partial charge on any atom is -0.382 e. The predicted octanol–water partition coefficient (Wildman–Crippen LogP) is 2.60. The van der Waals surface area contributed by atoms with E-state index in [2.05, 4.69) is 45.7 Å². The van der Waals surface area contributed by atoms with Gasteiger partial charge in [0.15, 0.2) is 0 Å². The van der Waals surface area contributed by atoms with Crippen LogP contribution in [0.5, 0.6) is 0 Å². The molecule has 0 spiro atoms. The Labute approximate surface area is 113 Å². The summed E-state index contributed by atoms with van der Waals surface area (Å²) in [4.78, 5) is 2.58. The van der Waals surface area contributed by atoms with E-state index in [-0.39, 0.29) is 0 Å². The molecule has 2 atom stereocenters. The molecule has 19 heavy (non-hydrogen) atoms. The Morgan fingerprint density at radius 3 is 2.84 bits per heavy atom. The van der Waals surface area contributed by atoms with Crippen LogP contribution in [-0.2, 0) is 0 Å². The van der Waals surface area contributed by atoms with Crippen LogP contribution in [0.2, 0.25) is 0 Å². The van der Waals surface area contributed by atoms with Gasteiger partial charge in [0.05, 0.1) is 11.7 Å². The highest BCUT2D eigenvalue weighted by Crippen LogP contribution is 2.35. The Bertz CT molecular complexity index is 577. The third kappa shape index (κ3) is 1.91. The Morgan fingerprint density at radius 1 is 1.26 bits per heavy atom. The molecular weight excluding hydrogens is 236 g/mol. The first-order valence-corrected chi connectivity index (χ1v) is 7.21. The van der Waals surface area contributed by atoms with Crippen molar-refractivity contribution in [1.29, 1.82) is 0 Å². The lowest BCUT2D eigenvalue weighted by Crippen LogP contribution is -2.44. The van der Waals surface area contributed by atoms with Gasteiger partial charge in [0.2, 0.25) is 0 Å². The highest BCUT2D eigenvalue weighted by atomic mass is 15.2. The van der Waals surface area contributed by atoms with Crippen molar-refractivity contribution in [2.24, 2.45) is 0 Å². The number of benzene rings is 1. The van der Waals surface area contributed by atoms with Crippen LogP contribution in [0.3, 0.4) is 0 Å². The lowest BCUT2D eigenvalue weighted by molar-refractivity contribution is 0.169. The maximum atomic E-state index is 4.07. The van der Waals surface area contributed by atoms with E-state index in [0.717, 1.165) is 17.6 Å². The highest BCUT2D eigenvalue weighted by Gasteiger charge is 2.38. The van der Waals surface area contributed by atoms with Crippen molar-refractivity contribution in [2.75, 3.05) is 12.4 Å². The number of nitrogens with zero attached hydrogens (tertiary/aromatic N) is 2. The van der Waals surface area contributed by atoms with Gasteiger partial charge in [-0.15, -0.1) is 0 Å².